The Balaban J connectivity index is 1.87. The van der Waals surface area contributed by atoms with E-state index in [0.717, 1.165) is 24.3 Å². The third-order valence-corrected chi connectivity index (χ3v) is 10.6. The van der Waals surface area contributed by atoms with Crippen molar-refractivity contribution in [2.75, 3.05) is 5.75 Å². The third kappa shape index (κ3) is 9.82. The monoisotopic (exact) mass is 753 g/mol. The number of halogens is 4. The topological polar surface area (TPSA) is 250 Å². The lowest BCUT2D eigenvalue weighted by Crippen LogP contribution is -2.55. The quantitative estimate of drug-likeness (QED) is 0.0872. The van der Waals surface area contributed by atoms with Crippen molar-refractivity contribution in [1.29, 1.82) is 0 Å². The zero-order valence-corrected chi connectivity index (χ0v) is 27.4. The number of sulfone groups is 1. The van der Waals surface area contributed by atoms with E-state index in [9.17, 15) is 49.5 Å². The van der Waals surface area contributed by atoms with Crippen LogP contribution >= 0.6 is 15.2 Å². The maximum absolute atomic E-state index is 14.1. The van der Waals surface area contributed by atoms with Crippen molar-refractivity contribution < 1.29 is 69.1 Å². The highest BCUT2D eigenvalue weighted by atomic mass is 32.2. The Morgan fingerprint density at radius 2 is 1.10 bits per heavy atom. The van der Waals surface area contributed by atoms with Crippen LogP contribution in [0, 0.1) is 0 Å². The minimum absolute atomic E-state index is 0.0360. The van der Waals surface area contributed by atoms with Gasteiger partial charge in [0.25, 0.3) is 0 Å². The van der Waals surface area contributed by atoms with E-state index in [0.29, 0.717) is 24.3 Å². The summed E-state index contributed by atoms with van der Waals surface area (Å²) in [5.74, 6) is -4.62. The van der Waals surface area contributed by atoms with E-state index in [4.69, 9.17) is 25.3 Å². The van der Waals surface area contributed by atoms with Crippen LogP contribution in [0.2, 0.25) is 0 Å². The highest BCUT2D eigenvalue weighted by Gasteiger charge is 2.51. The fourth-order valence-electron chi connectivity index (χ4n) is 4.31. The Morgan fingerprint density at radius 1 is 0.694 bits per heavy atom. The van der Waals surface area contributed by atoms with Gasteiger partial charge >= 0.3 is 26.5 Å². The molecule has 0 spiro atoms. The second-order valence-electron chi connectivity index (χ2n) is 10.6. The van der Waals surface area contributed by atoms with Gasteiger partial charge in [0.15, 0.2) is 9.84 Å². The maximum atomic E-state index is 14.1. The zero-order chi connectivity index (χ0) is 37.0. The van der Waals surface area contributed by atoms with Crippen molar-refractivity contribution in [2.45, 2.75) is 41.1 Å². The summed E-state index contributed by atoms with van der Waals surface area (Å²) in [5, 5.41) is 4.43. The Labute approximate surface area is 276 Å². The van der Waals surface area contributed by atoms with Crippen molar-refractivity contribution in [3.05, 3.63) is 101 Å². The van der Waals surface area contributed by atoms with Crippen molar-refractivity contribution in [1.82, 2.24) is 10.6 Å². The van der Waals surface area contributed by atoms with Gasteiger partial charge in [-0.25, -0.2) is 8.42 Å². The molecule has 0 aliphatic rings. The molecule has 0 aliphatic carbocycles. The van der Waals surface area contributed by atoms with E-state index in [1.54, 1.807) is 0 Å². The van der Waals surface area contributed by atoms with E-state index in [1.807, 2.05) is 0 Å². The molecule has 3 rings (SSSR count). The molecule has 0 saturated carbocycles. The number of rotatable bonds is 15. The first-order valence-corrected chi connectivity index (χ1v) is 18.6. The lowest BCUT2D eigenvalue weighted by Gasteiger charge is -2.23. The van der Waals surface area contributed by atoms with Crippen LogP contribution in [-0.4, -0.2) is 63.5 Å². The first-order valence-electron chi connectivity index (χ1n) is 13.7. The zero-order valence-electron chi connectivity index (χ0n) is 24.8. The van der Waals surface area contributed by atoms with Crippen LogP contribution in [0.25, 0.3) is 0 Å². The minimum atomic E-state index is -5.91. The molecule has 0 aliphatic heterocycles. The van der Waals surface area contributed by atoms with Gasteiger partial charge < -0.3 is 35.9 Å². The fourth-order valence-corrected chi connectivity index (χ4v) is 6.45. The van der Waals surface area contributed by atoms with Gasteiger partial charge in [0.2, 0.25) is 17.7 Å². The molecule has 3 aromatic rings. The molecule has 3 aromatic carbocycles. The standard InChI is InChI=1S/C28H29F4N3O11P2S/c29-27(30,47(39,40)41)19-10-6-17(7-11-19)14-22(25(33)37)35-26(38)23(34-24(36)16-49(45,46)21-4-2-1-3-5-21)15-18-8-12-20(13-9-18)28(31,32)48(42,43)44/h1-13,22-23H,14-16H2,(H2,33,37)(H,34,36)(H,35,38)(H2,39,40,41)(H2,42,43,44). The van der Waals surface area contributed by atoms with Crippen LogP contribution in [0.4, 0.5) is 17.6 Å². The van der Waals surface area contributed by atoms with Gasteiger partial charge in [0.1, 0.15) is 17.8 Å². The molecule has 0 saturated heterocycles. The second kappa shape index (κ2) is 14.9. The molecule has 8 N–H and O–H groups in total. The molecular weight excluding hydrogens is 724 g/mol. The summed E-state index contributed by atoms with van der Waals surface area (Å²) in [6.07, 6.45) is -0.972. The minimum Gasteiger partial charge on any atom is -0.368 e. The molecule has 0 aromatic heterocycles. The Hall–Kier alpha value is -3.96. The summed E-state index contributed by atoms with van der Waals surface area (Å²) in [6.45, 7) is 0. The van der Waals surface area contributed by atoms with Crippen LogP contribution < -0.4 is 16.4 Å². The van der Waals surface area contributed by atoms with Crippen molar-refractivity contribution >= 4 is 42.8 Å². The number of carbonyl (C=O) groups is 3. The van der Waals surface area contributed by atoms with Crippen molar-refractivity contribution in [3.63, 3.8) is 0 Å². The van der Waals surface area contributed by atoms with Crippen molar-refractivity contribution in [3.8, 4) is 0 Å². The van der Waals surface area contributed by atoms with Gasteiger partial charge in [-0.2, -0.15) is 17.6 Å². The summed E-state index contributed by atoms with van der Waals surface area (Å²) in [4.78, 5) is 74.1. The Morgan fingerprint density at radius 3 is 1.49 bits per heavy atom. The first kappa shape index (κ1) is 39.5. The van der Waals surface area contributed by atoms with E-state index in [-0.39, 0.29) is 16.0 Å². The number of nitrogens with two attached hydrogens (primary N) is 1. The number of alkyl halides is 4. The predicted octanol–water partition coefficient (Wildman–Crippen LogP) is 1.85. The fraction of sp³-hybridized carbons (Fsp3) is 0.250. The number of benzene rings is 3. The lowest BCUT2D eigenvalue weighted by atomic mass is 10.0. The van der Waals surface area contributed by atoms with E-state index in [2.05, 4.69) is 10.6 Å². The summed E-state index contributed by atoms with van der Waals surface area (Å²) >= 11 is 0. The molecule has 2 atom stereocenters. The SMILES string of the molecule is NC(=O)C(Cc1ccc(C(F)(F)P(=O)(O)O)cc1)NC(=O)C(Cc1ccc(C(F)(F)P(=O)(O)O)cc1)NC(=O)CS(=O)(=O)c1ccccc1. The van der Waals surface area contributed by atoms with Gasteiger partial charge in [-0.15, -0.1) is 0 Å². The van der Waals surface area contributed by atoms with Gasteiger partial charge in [-0.3, -0.25) is 23.5 Å². The summed E-state index contributed by atoms with van der Waals surface area (Å²) < 4.78 is 104. The molecule has 266 valence electrons. The summed E-state index contributed by atoms with van der Waals surface area (Å²) in [6, 6.07) is 10.1. The Bertz CT molecular complexity index is 1890. The summed E-state index contributed by atoms with van der Waals surface area (Å²) in [7, 11) is -16.0. The van der Waals surface area contributed by atoms with Crippen LogP contribution in [-0.2, 0) is 57.5 Å². The van der Waals surface area contributed by atoms with Crippen molar-refractivity contribution in [2.24, 2.45) is 5.73 Å². The molecule has 0 bridgehead atoms. The van der Waals surface area contributed by atoms with Crippen LogP contribution in [0.15, 0.2) is 83.8 Å². The van der Waals surface area contributed by atoms with Crippen LogP contribution in [0.5, 0.6) is 0 Å². The number of carbonyl (C=O) groups excluding carboxylic acids is 3. The number of hydrogen-bond acceptors (Lipinski definition) is 7. The smallest absolute Gasteiger partial charge is 0.368 e. The number of amides is 3. The van der Waals surface area contributed by atoms with Crippen LogP contribution in [0.1, 0.15) is 22.3 Å². The van der Waals surface area contributed by atoms with Gasteiger partial charge in [0, 0.05) is 24.0 Å². The predicted molar refractivity (Wildman–Crippen MR) is 164 cm³/mol. The molecule has 0 fully saturated rings. The molecule has 21 heteroatoms. The Kier molecular flexibility index (Phi) is 12.0. The molecule has 49 heavy (non-hydrogen) atoms. The number of hydrogen-bond donors (Lipinski definition) is 7. The first-order chi connectivity index (χ1) is 22.5. The van der Waals surface area contributed by atoms with Gasteiger partial charge in [-0.05, 0) is 23.3 Å². The molecule has 0 heterocycles. The molecule has 3 amide bonds. The van der Waals surface area contributed by atoms with Gasteiger partial charge in [-0.1, -0.05) is 66.7 Å². The number of primary amides is 1. The molecule has 14 nitrogen and oxygen atoms in total. The summed E-state index contributed by atoms with van der Waals surface area (Å²) in [5.41, 5.74) is -5.65. The maximum Gasteiger partial charge on any atom is 0.399 e. The van der Waals surface area contributed by atoms with Crippen LogP contribution in [0.3, 0.4) is 0 Å². The highest BCUT2D eigenvalue weighted by molar-refractivity contribution is 7.92. The van der Waals surface area contributed by atoms with Gasteiger partial charge in [0.05, 0.1) is 4.90 Å². The third-order valence-electron chi connectivity index (χ3n) is 6.95. The highest BCUT2D eigenvalue weighted by Crippen LogP contribution is 2.60. The normalized spacial score (nSPS) is 14.0. The average molecular weight is 754 g/mol. The van der Waals surface area contributed by atoms with E-state index in [1.165, 1.54) is 30.3 Å². The second-order valence-corrected chi connectivity index (χ2v) is 15.9. The lowest BCUT2D eigenvalue weighted by molar-refractivity contribution is -0.130. The van der Waals surface area contributed by atoms with E-state index >= 15 is 0 Å². The van der Waals surface area contributed by atoms with E-state index < -0.39 is 95.9 Å². The molecule has 0 radical (unpaired) electrons. The molecular formula is C28H29F4N3O11P2S. The number of nitrogens with one attached hydrogen (secondary N) is 2. The largest absolute Gasteiger partial charge is 0.399 e. The average Bonchev–Trinajstić information content (AvgIpc) is 3.00. The molecule has 2 unspecified atom stereocenters.